The second-order valence-corrected chi connectivity index (χ2v) is 4.41. The van der Waals surface area contributed by atoms with Crippen molar-refractivity contribution in [3.63, 3.8) is 0 Å². The van der Waals surface area contributed by atoms with Gasteiger partial charge in [-0.3, -0.25) is 0 Å². The van der Waals surface area contributed by atoms with Crippen LogP contribution in [0, 0.1) is 17.5 Å². The highest BCUT2D eigenvalue weighted by atomic mass is 35.5. The number of ether oxygens (including phenoxy) is 1. The van der Waals surface area contributed by atoms with Gasteiger partial charge in [-0.05, 0) is 18.6 Å². The summed E-state index contributed by atoms with van der Waals surface area (Å²) in [5.41, 5.74) is -0.0820. The van der Waals surface area contributed by atoms with Gasteiger partial charge in [0.1, 0.15) is 0 Å². The van der Waals surface area contributed by atoms with E-state index in [1.54, 1.807) is 0 Å². The van der Waals surface area contributed by atoms with Crippen molar-refractivity contribution >= 4 is 17.3 Å². The molecular formula is C11H11ClF3NO. The van der Waals surface area contributed by atoms with Crippen molar-refractivity contribution in [3.05, 3.63) is 29.6 Å². The molecule has 6 heteroatoms. The average molecular weight is 266 g/mol. The first-order valence-corrected chi connectivity index (χ1v) is 5.65. The van der Waals surface area contributed by atoms with Crippen LogP contribution in [0.25, 0.3) is 0 Å². The molecule has 1 aromatic rings. The van der Waals surface area contributed by atoms with Crippen LogP contribution >= 0.6 is 11.6 Å². The summed E-state index contributed by atoms with van der Waals surface area (Å²) >= 11 is 5.98. The molecule has 2 unspecified atom stereocenters. The Bertz CT molecular complexity index is 416. The number of halogens is 4. The first-order valence-electron chi connectivity index (χ1n) is 5.21. The van der Waals surface area contributed by atoms with Crippen LogP contribution in [0.5, 0.6) is 0 Å². The van der Waals surface area contributed by atoms with Gasteiger partial charge in [0.05, 0.1) is 17.7 Å². The highest BCUT2D eigenvalue weighted by molar-refractivity contribution is 6.21. The molecule has 1 fully saturated rings. The Balaban J connectivity index is 2.15. The maximum atomic E-state index is 13.4. The van der Waals surface area contributed by atoms with E-state index in [4.69, 9.17) is 16.3 Å². The van der Waals surface area contributed by atoms with Crippen molar-refractivity contribution in [1.82, 2.24) is 0 Å². The Morgan fingerprint density at radius 1 is 1.24 bits per heavy atom. The highest BCUT2D eigenvalue weighted by Crippen LogP contribution is 2.24. The monoisotopic (exact) mass is 265 g/mol. The third kappa shape index (κ3) is 2.66. The molecule has 17 heavy (non-hydrogen) atoms. The zero-order chi connectivity index (χ0) is 12.4. The van der Waals surface area contributed by atoms with Crippen molar-refractivity contribution in [2.24, 2.45) is 0 Å². The van der Waals surface area contributed by atoms with Crippen molar-refractivity contribution < 1.29 is 17.9 Å². The summed E-state index contributed by atoms with van der Waals surface area (Å²) < 4.78 is 44.2. The second-order valence-electron chi connectivity index (χ2n) is 3.85. The third-order valence-corrected chi connectivity index (χ3v) is 3.09. The van der Waals surface area contributed by atoms with Crippen molar-refractivity contribution in [2.75, 3.05) is 18.5 Å². The molecule has 2 rings (SSSR count). The lowest BCUT2D eigenvalue weighted by Crippen LogP contribution is -2.38. The summed E-state index contributed by atoms with van der Waals surface area (Å²) in [5.74, 6) is -3.91. The summed E-state index contributed by atoms with van der Waals surface area (Å²) in [4.78, 5) is 0. The first-order chi connectivity index (χ1) is 8.09. The minimum atomic E-state index is -1.48. The molecule has 1 heterocycles. The van der Waals surface area contributed by atoms with E-state index in [1.165, 1.54) is 0 Å². The van der Waals surface area contributed by atoms with Crippen LogP contribution in [0.3, 0.4) is 0 Å². The zero-order valence-corrected chi connectivity index (χ0v) is 9.61. The Morgan fingerprint density at radius 3 is 2.71 bits per heavy atom. The quantitative estimate of drug-likeness (QED) is 0.656. The molecule has 0 radical (unpaired) electrons. The highest BCUT2D eigenvalue weighted by Gasteiger charge is 2.25. The van der Waals surface area contributed by atoms with Gasteiger partial charge < -0.3 is 10.1 Å². The summed E-state index contributed by atoms with van der Waals surface area (Å²) in [6, 6.07) is 1.82. The van der Waals surface area contributed by atoms with E-state index >= 15 is 0 Å². The van der Waals surface area contributed by atoms with Gasteiger partial charge >= 0.3 is 0 Å². The van der Waals surface area contributed by atoms with Gasteiger partial charge in [0.15, 0.2) is 17.5 Å². The van der Waals surface area contributed by atoms with Gasteiger partial charge in [-0.2, -0.15) is 0 Å². The molecule has 1 N–H and O–H groups in total. The molecular weight excluding hydrogens is 255 g/mol. The number of benzene rings is 1. The average Bonchev–Trinajstić information content (AvgIpc) is 2.32. The summed E-state index contributed by atoms with van der Waals surface area (Å²) in [5, 5.41) is 2.45. The number of hydrogen-bond donors (Lipinski definition) is 1. The Kier molecular flexibility index (Phi) is 3.79. The maximum absolute atomic E-state index is 13.4. The minimum absolute atomic E-state index is 0.0820. The summed E-state index contributed by atoms with van der Waals surface area (Å²) in [6.45, 7) is 0.858. The number of nitrogens with one attached hydrogen (secondary N) is 1. The summed E-state index contributed by atoms with van der Waals surface area (Å²) in [7, 11) is 0. The molecule has 94 valence electrons. The van der Waals surface area contributed by atoms with Gasteiger partial charge in [-0.15, -0.1) is 11.6 Å². The number of alkyl halides is 1. The van der Waals surface area contributed by atoms with E-state index in [0.717, 1.165) is 12.1 Å². The lowest BCUT2D eigenvalue weighted by molar-refractivity contribution is 0.0934. The fourth-order valence-corrected chi connectivity index (χ4v) is 1.98. The SMILES string of the molecule is Fc1ccc(NC2CCOCC2Cl)c(F)c1F. The Hall–Kier alpha value is -0.940. The molecule has 1 aliphatic rings. The predicted octanol–water partition coefficient (Wildman–Crippen LogP) is 2.91. The molecule has 0 amide bonds. The molecule has 0 aromatic heterocycles. The van der Waals surface area contributed by atoms with E-state index in [0.29, 0.717) is 19.6 Å². The van der Waals surface area contributed by atoms with Crippen LogP contribution in [0.4, 0.5) is 18.9 Å². The first kappa shape index (κ1) is 12.5. The fourth-order valence-electron chi connectivity index (χ4n) is 1.70. The van der Waals surface area contributed by atoms with Gasteiger partial charge in [0.25, 0.3) is 0 Å². The lowest BCUT2D eigenvalue weighted by atomic mass is 10.1. The maximum Gasteiger partial charge on any atom is 0.196 e. The van der Waals surface area contributed by atoms with E-state index in [1.807, 2.05) is 0 Å². The van der Waals surface area contributed by atoms with Gasteiger partial charge in [0, 0.05) is 12.6 Å². The molecule has 0 bridgehead atoms. The van der Waals surface area contributed by atoms with Crippen LogP contribution in [0.2, 0.25) is 0 Å². The number of hydrogen-bond acceptors (Lipinski definition) is 2. The second kappa shape index (κ2) is 5.14. The van der Waals surface area contributed by atoms with Gasteiger partial charge in [-0.25, -0.2) is 13.2 Å². The largest absolute Gasteiger partial charge is 0.380 e. The topological polar surface area (TPSA) is 21.3 Å². The molecule has 1 aliphatic heterocycles. The zero-order valence-electron chi connectivity index (χ0n) is 8.85. The molecule has 0 aliphatic carbocycles. The number of rotatable bonds is 2. The molecule has 2 atom stereocenters. The summed E-state index contributed by atoms with van der Waals surface area (Å²) in [6.07, 6.45) is 0.590. The molecule has 1 saturated heterocycles. The Morgan fingerprint density at radius 2 is 2.00 bits per heavy atom. The van der Waals surface area contributed by atoms with Crippen LogP contribution in [0.15, 0.2) is 12.1 Å². The molecule has 1 aromatic carbocycles. The van der Waals surface area contributed by atoms with Crippen LogP contribution in [-0.4, -0.2) is 24.6 Å². The smallest absolute Gasteiger partial charge is 0.196 e. The molecule has 0 saturated carbocycles. The number of anilines is 1. The van der Waals surface area contributed by atoms with Gasteiger partial charge in [0.2, 0.25) is 0 Å². The van der Waals surface area contributed by atoms with Crippen molar-refractivity contribution in [2.45, 2.75) is 17.8 Å². The fraction of sp³-hybridized carbons (Fsp3) is 0.455. The molecule has 0 spiro atoms. The van der Waals surface area contributed by atoms with E-state index in [2.05, 4.69) is 5.32 Å². The van der Waals surface area contributed by atoms with Crippen LogP contribution in [0.1, 0.15) is 6.42 Å². The predicted molar refractivity (Wildman–Crippen MR) is 58.8 cm³/mol. The van der Waals surface area contributed by atoms with E-state index in [9.17, 15) is 13.2 Å². The third-order valence-electron chi connectivity index (χ3n) is 2.66. The lowest BCUT2D eigenvalue weighted by Gasteiger charge is -2.29. The Labute approximate surface area is 102 Å². The van der Waals surface area contributed by atoms with Crippen LogP contribution < -0.4 is 5.32 Å². The van der Waals surface area contributed by atoms with E-state index in [-0.39, 0.29) is 17.1 Å². The normalized spacial score (nSPS) is 24.7. The van der Waals surface area contributed by atoms with Crippen molar-refractivity contribution in [3.8, 4) is 0 Å². The minimum Gasteiger partial charge on any atom is -0.380 e. The van der Waals surface area contributed by atoms with Crippen LogP contribution in [-0.2, 0) is 4.74 Å². The standard InChI is InChI=1S/C11H11ClF3NO/c12-6-5-17-4-3-8(6)16-9-2-1-7(13)10(14)11(9)15/h1-2,6,8,16H,3-5H2. The van der Waals surface area contributed by atoms with Gasteiger partial charge in [-0.1, -0.05) is 0 Å². The van der Waals surface area contributed by atoms with Crippen molar-refractivity contribution in [1.29, 1.82) is 0 Å². The van der Waals surface area contributed by atoms with E-state index < -0.39 is 17.5 Å². The molecule has 2 nitrogen and oxygen atoms in total.